The summed E-state index contributed by atoms with van der Waals surface area (Å²) in [6, 6.07) is 3.82. The molecular weight excluding hydrogens is 258 g/mol. The highest BCUT2D eigenvalue weighted by molar-refractivity contribution is 5.92. The van der Waals surface area contributed by atoms with Crippen LogP contribution in [0, 0.1) is 0 Å². The normalized spacial score (nSPS) is 20.8. The van der Waals surface area contributed by atoms with E-state index >= 15 is 0 Å². The van der Waals surface area contributed by atoms with E-state index in [1.165, 1.54) is 0 Å². The molecule has 5 nitrogen and oxygen atoms in total. The number of benzene rings is 1. The van der Waals surface area contributed by atoms with Crippen LogP contribution < -0.4 is 14.2 Å². The van der Waals surface area contributed by atoms with Crippen molar-refractivity contribution in [2.75, 3.05) is 21.3 Å². The van der Waals surface area contributed by atoms with Crippen LogP contribution in [0.3, 0.4) is 0 Å². The molecule has 1 atom stereocenters. The Bertz CT molecular complexity index is 499. The third kappa shape index (κ3) is 2.53. The van der Waals surface area contributed by atoms with Gasteiger partial charge in [-0.3, -0.25) is 0 Å². The van der Waals surface area contributed by atoms with Gasteiger partial charge in [0.05, 0.1) is 27.0 Å². The summed E-state index contributed by atoms with van der Waals surface area (Å²) >= 11 is 0. The second-order valence-corrected chi connectivity index (χ2v) is 4.81. The van der Waals surface area contributed by atoms with Crippen molar-refractivity contribution in [1.82, 2.24) is 0 Å². The lowest BCUT2D eigenvalue weighted by atomic mass is 9.82. The Hall–Kier alpha value is -1.91. The van der Waals surface area contributed by atoms with Crippen molar-refractivity contribution in [3.63, 3.8) is 0 Å². The predicted octanol–water partition coefficient (Wildman–Crippen LogP) is 3.20. The molecule has 0 aliphatic heterocycles. The minimum absolute atomic E-state index is 0.0727. The smallest absolute Gasteiger partial charge is 0.203 e. The van der Waals surface area contributed by atoms with E-state index in [0.29, 0.717) is 17.2 Å². The van der Waals surface area contributed by atoms with Crippen LogP contribution in [0.25, 0.3) is 0 Å². The van der Waals surface area contributed by atoms with Crippen LogP contribution in [0.1, 0.15) is 37.2 Å². The zero-order valence-corrected chi connectivity index (χ0v) is 12.2. The molecule has 0 unspecified atom stereocenters. The van der Waals surface area contributed by atoms with Gasteiger partial charge in [0.1, 0.15) is 0 Å². The Morgan fingerprint density at radius 2 is 1.80 bits per heavy atom. The summed E-state index contributed by atoms with van der Waals surface area (Å²) in [4.78, 5) is 0. The topological polar surface area (TPSA) is 60.3 Å². The fourth-order valence-electron chi connectivity index (χ4n) is 2.85. The van der Waals surface area contributed by atoms with E-state index in [0.717, 1.165) is 37.0 Å². The molecule has 0 saturated heterocycles. The molecular formula is C15H21NO4. The minimum Gasteiger partial charge on any atom is -0.493 e. The maximum absolute atomic E-state index is 9.20. The SMILES string of the molecule is COc1ccc([C@H]2CCCC/C2=N/O)c(OC)c1OC. The standard InChI is InChI=1S/C15H21NO4/c1-18-13-9-8-11(14(19-2)15(13)20-3)10-6-4-5-7-12(10)16-17/h8-10,17H,4-7H2,1-3H3/b16-12-/t10-/m1/s1. The molecule has 1 aliphatic carbocycles. The molecule has 0 bridgehead atoms. The number of ether oxygens (including phenoxy) is 3. The average molecular weight is 279 g/mol. The Morgan fingerprint density at radius 1 is 1.05 bits per heavy atom. The average Bonchev–Trinajstić information content (AvgIpc) is 2.53. The number of methoxy groups -OCH3 is 3. The second kappa shape index (κ2) is 6.50. The van der Waals surface area contributed by atoms with Crippen LogP contribution in [0.5, 0.6) is 17.2 Å². The first-order valence-electron chi connectivity index (χ1n) is 6.76. The molecule has 110 valence electrons. The number of nitrogens with zero attached hydrogens (tertiary/aromatic N) is 1. The van der Waals surface area contributed by atoms with Crippen molar-refractivity contribution in [2.24, 2.45) is 5.16 Å². The molecule has 0 aromatic heterocycles. The zero-order chi connectivity index (χ0) is 14.5. The van der Waals surface area contributed by atoms with Crippen molar-refractivity contribution >= 4 is 5.71 Å². The van der Waals surface area contributed by atoms with Gasteiger partial charge >= 0.3 is 0 Å². The molecule has 0 radical (unpaired) electrons. The highest BCUT2D eigenvalue weighted by Gasteiger charge is 2.28. The van der Waals surface area contributed by atoms with E-state index < -0.39 is 0 Å². The molecule has 1 N–H and O–H groups in total. The first-order valence-corrected chi connectivity index (χ1v) is 6.76. The quantitative estimate of drug-likeness (QED) is 0.679. The van der Waals surface area contributed by atoms with Gasteiger partial charge in [0.2, 0.25) is 5.75 Å². The Morgan fingerprint density at radius 3 is 2.40 bits per heavy atom. The number of hydrogen-bond acceptors (Lipinski definition) is 5. The lowest BCUT2D eigenvalue weighted by Crippen LogP contribution is -2.18. The maximum atomic E-state index is 9.20. The number of oxime groups is 1. The lowest BCUT2D eigenvalue weighted by Gasteiger charge is -2.26. The molecule has 0 heterocycles. The molecule has 20 heavy (non-hydrogen) atoms. The van der Waals surface area contributed by atoms with Crippen LogP contribution in [0.15, 0.2) is 17.3 Å². The van der Waals surface area contributed by atoms with E-state index in [2.05, 4.69) is 5.16 Å². The van der Waals surface area contributed by atoms with E-state index in [-0.39, 0.29) is 5.92 Å². The van der Waals surface area contributed by atoms with E-state index in [4.69, 9.17) is 14.2 Å². The summed E-state index contributed by atoms with van der Waals surface area (Å²) < 4.78 is 16.2. The molecule has 2 rings (SSSR count). The van der Waals surface area contributed by atoms with Crippen molar-refractivity contribution in [3.05, 3.63) is 17.7 Å². The lowest BCUT2D eigenvalue weighted by molar-refractivity contribution is 0.310. The third-order valence-electron chi connectivity index (χ3n) is 3.82. The van der Waals surface area contributed by atoms with Gasteiger partial charge in [0.15, 0.2) is 11.5 Å². The number of rotatable bonds is 4. The molecule has 0 spiro atoms. The molecule has 1 saturated carbocycles. The third-order valence-corrected chi connectivity index (χ3v) is 3.82. The Balaban J connectivity index is 2.50. The molecule has 5 heteroatoms. The van der Waals surface area contributed by atoms with Crippen LogP contribution in [0.2, 0.25) is 0 Å². The summed E-state index contributed by atoms with van der Waals surface area (Å²) in [6.07, 6.45) is 3.94. The summed E-state index contributed by atoms with van der Waals surface area (Å²) in [6.45, 7) is 0. The summed E-state index contributed by atoms with van der Waals surface area (Å²) in [5, 5.41) is 12.7. The van der Waals surface area contributed by atoms with Crippen molar-refractivity contribution in [2.45, 2.75) is 31.6 Å². The van der Waals surface area contributed by atoms with E-state index in [9.17, 15) is 5.21 Å². The molecule has 0 amide bonds. The Kier molecular flexibility index (Phi) is 4.71. The largest absolute Gasteiger partial charge is 0.493 e. The minimum atomic E-state index is 0.0727. The summed E-state index contributed by atoms with van der Waals surface area (Å²) in [5.74, 6) is 1.94. The van der Waals surface area contributed by atoms with Crippen molar-refractivity contribution in [1.29, 1.82) is 0 Å². The number of hydrogen-bond donors (Lipinski definition) is 1. The fourth-order valence-corrected chi connectivity index (χ4v) is 2.85. The van der Waals surface area contributed by atoms with E-state index in [1.54, 1.807) is 21.3 Å². The van der Waals surface area contributed by atoms with Crippen molar-refractivity contribution < 1.29 is 19.4 Å². The van der Waals surface area contributed by atoms with Gasteiger partial charge < -0.3 is 19.4 Å². The molecule has 1 aliphatic rings. The van der Waals surface area contributed by atoms with Crippen LogP contribution in [0.4, 0.5) is 0 Å². The maximum Gasteiger partial charge on any atom is 0.203 e. The highest BCUT2D eigenvalue weighted by Crippen LogP contribution is 2.45. The Labute approximate surface area is 119 Å². The fraction of sp³-hybridized carbons (Fsp3) is 0.533. The second-order valence-electron chi connectivity index (χ2n) is 4.81. The summed E-state index contributed by atoms with van der Waals surface area (Å²) in [7, 11) is 4.80. The predicted molar refractivity (Wildman–Crippen MR) is 76.5 cm³/mol. The molecule has 1 aromatic carbocycles. The van der Waals surface area contributed by atoms with Gasteiger partial charge in [-0.15, -0.1) is 0 Å². The van der Waals surface area contributed by atoms with Gasteiger partial charge in [0, 0.05) is 11.5 Å². The monoisotopic (exact) mass is 279 g/mol. The van der Waals surface area contributed by atoms with E-state index in [1.807, 2.05) is 12.1 Å². The van der Waals surface area contributed by atoms with Gasteiger partial charge in [-0.1, -0.05) is 17.6 Å². The zero-order valence-electron chi connectivity index (χ0n) is 12.2. The van der Waals surface area contributed by atoms with Crippen LogP contribution >= 0.6 is 0 Å². The first kappa shape index (κ1) is 14.5. The molecule has 1 fully saturated rings. The van der Waals surface area contributed by atoms with Gasteiger partial charge in [-0.2, -0.15) is 0 Å². The van der Waals surface area contributed by atoms with Gasteiger partial charge in [0.25, 0.3) is 0 Å². The van der Waals surface area contributed by atoms with Crippen LogP contribution in [-0.4, -0.2) is 32.2 Å². The molecule has 1 aromatic rings. The van der Waals surface area contributed by atoms with Crippen LogP contribution in [-0.2, 0) is 0 Å². The summed E-state index contributed by atoms with van der Waals surface area (Å²) in [5.41, 5.74) is 1.79. The van der Waals surface area contributed by atoms with Gasteiger partial charge in [-0.05, 0) is 25.3 Å². The van der Waals surface area contributed by atoms with Crippen molar-refractivity contribution in [3.8, 4) is 17.2 Å². The van der Waals surface area contributed by atoms with Gasteiger partial charge in [-0.25, -0.2) is 0 Å². The first-order chi connectivity index (χ1) is 9.76. The highest BCUT2D eigenvalue weighted by atomic mass is 16.5.